The van der Waals surface area contributed by atoms with Crippen molar-refractivity contribution in [2.24, 2.45) is 5.73 Å². The van der Waals surface area contributed by atoms with E-state index in [9.17, 15) is 9.59 Å². The van der Waals surface area contributed by atoms with E-state index in [0.717, 1.165) is 13.0 Å². The van der Waals surface area contributed by atoms with Crippen LogP contribution in [0.2, 0.25) is 0 Å². The van der Waals surface area contributed by atoms with E-state index < -0.39 is 11.6 Å². The Morgan fingerprint density at radius 2 is 1.94 bits per heavy atom. The highest BCUT2D eigenvalue weighted by atomic mass is 16.6. The maximum Gasteiger partial charge on any atom is 0.410 e. The lowest BCUT2D eigenvalue weighted by atomic mass is 10.2. The van der Waals surface area contributed by atoms with Crippen molar-refractivity contribution in [3.05, 3.63) is 0 Å². The minimum absolute atomic E-state index is 0.118. The van der Waals surface area contributed by atoms with Crippen molar-refractivity contribution in [3.63, 3.8) is 0 Å². The monoisotopic (exact) mass is 260 g/mol. The highest BCUT2D eigenvalue weighted by Crippen LogP contribution is 2.13. The van der Waals surface area contributed by atoms with Gasteiger partial charge in [-0.3, -0.25) is 4.79 Å². The van der Waals surface area contributed by atoms with Gasteiger partial charge in [-0.1, -0.05) is 6.92 Å². The molecule has 1 amide bonds. The number of likely N-dealkylation sites (tertiary alicyclic amines) is 1. The molecule has 106 valence electrons. The fourth-order valence-corrected chi connectivity index (χ4v) is 1.28. The second kappa shape index (κ2) is 7.20. The van der Waals surface area contributed by atoms with Gasteiger partial charge in [0.05, 0.1) is 0 Å². The van der Waals surface area contributed by atoms with E-state index in [-0.39, 0.29) is 18.6 Å². The normalized spacial score (nSPS) is 18.9. The van der Waals surface area contributed by atoms with Gasteiger partial charge in [0, 0.05) is 25.6 Å². The van der Waals surface area contributed by atoms with Crippen LogP contribution in [0.25, 0.3) is 0 Å². The predicted molar refractivity (Wildman–Crippen MR) is 68.3 cm³/mol. The molecule has 0 aromatic carbocycles. The molecule has 0 bridgehead atoms. The Morgan fingerprint density at radius 3 is 2.22 bits per heavy atom. The van der Waals surface area contributed by atoms with E-state index in [1.807, 2.05) is 20.8 Å². The fourth-order valence-electron chi connectivity index (χ4n) is 1.28. The summed E-state index contributed by atoms with van der Waals surface area (Å²) in [6, 6.07) is 0.118. The van der Waals surface area contributed by atoms with Crippen LogP contribution in [0.4, 0.5) is 4.79 Å². The average Bonchev–Trinajstić information content (AvgIpc) is 2.63. The van der Waals surface area contributed by atoms with Gasteiger partial charge in [-0.15, -0.1) is 0 Å². The van der Waals surface area contributed by atoms with Crippen LogP contribution in [0.15, 0.2) is 0 Å². The van der Waals surface area contributed by atoms with Gasteiger partial charge in [0.1, 0.15) is 5.60 Å². The molecule has 1 rings (SSSR count). The first-order chi connectivity index (χ1) is 8.15. The van der Waals surface area contributed by atoms with Gasteiger partial charge in [-0.2, -0.15) is 0 Å². The van der Waals surface area contributed by atoms with Gasteiger partial charge in [0.2, 0.25) is 0 Å². The number of aliphatic carboxylic acids is 1. The van der Waals surface area contributed by atoms with Crippen molar-refractivity contribution >= 4 is 12.1 Å². The molecule has 0 aliphatic carbocycles. The van der Waals surface area contributed by atoms with E-state index in [1.54, 1.807) is 11.8 Å². The molecule has 0 aromatic rings. The molecule has 1 saturated heterocycles. The quantitative estimate of drug-likeness (QED) is 0.744. The number of rotatable bonds is 1. The van der Waals surface area contributed by atoms with E-state index in [1.165, 1.54) is 0 Å². The minimum atomic E-state index is -0.745. The van der Waals surface area contributed by atoms with Crippen LogP contribution in [0.1, 0.15) is 40.5 Å². The Kier molecular flexibility index (Phi) is 6.68. The Labute approximate surface area is 108 Å². The number of hydrogen-bond acceptors (Lipinski definition) is 4. The average molecular weight is 260 g/mol. The van der Waals surface area contributed by atoms with Gasteiger partial charge in [0.15, 0.2) is 0 Å². The zero-order valence-corrected chi connectivity index (χ0v) is 11.6. The van der Waals surface area contributed by atoms with Gasteiger partial charge in [-0.25, -0.2) is 4.79 Å². The van der Waals surface area contributed by atoms with Crippen molar-refractivity contribution in [3.8, 4) is 0 Å². The van der Waals surface area contributed by atoms with E-state index in [4.69, 9.17) is 15.6 Å². The minimum Gasteiger partial charge on any atom is -0.481 e. The van der Waals surface area contributed by atoms with Crippen molar-refractivity contribution in [1.82, 2.24) is 4.90 Å². The van der Waals surface area contributed by atoms with Crippen molar-refractivity contribution in [2.45, 2.75) is 52.2 Å². The number of nitrogens with two attached hydrogens (primary N) is 1. The summed E-state index contributed by atoms with van der Waals surface area (Å²) in [7, 11) is 0. The smallest absolute Gasteiger partial charge is 0.410 e. The van der Waals surface area contributed by atoms with Gasteiger partial charge in [0.25, 0.3) is 0 Å². The lowest BCUT2D eigenvalue weighted by molar-refractivity contribution is -0.136. The molecule has 18 heavy (non-hydrogen) atoms. The summed E-state index contributed by atoms with van der Waals surface area (Å²) in [5.74, 6) is -0.745. The molecule has 6 heteroatoms. The molecule has 1 aliphatic heterocycles. The second-order valence-electron chi connectivity index (χ2n) is 5.22. The number of hydrogen-bond donors (Lipinski definition) is 2. The number of ether oxygens (including phenoxy) is 1. The number of carboxylic acid groups (broad SMARTS) is 1. The third-order valence-corrected chi connectivity index (χ3v) is 2.18. The first-order valence-corrected chi connectivity index (χ1v) is 6.11. The maximum atomic E-state index is 11.5. The van der Waals surface area contributed by atoms with Gasteiger partial charge in [-0.05, 0) is 27.2 Å². The molecule has 6 nitrogen and oxygen atoms in total. The van der Waals surface area contributed by atoms with Crippen LogP contribution >= 0.6 is 0 Å². The second-order valence-corrected chi connectivity index (χ2v) is 5.22. The standard InChI is InChI=1S/C9H18N2O2.C3H6O2/c1-9(2,3)13-8(12)11-5-4-7(10)6-11;1-2-3(4)5/h7H,4-6,10H2,1-3H3;2H2,1H3,(H,4,5). The van der Waals surface area contributed by atoms with Crippen LogP contribution in [0.5, 0.6) is 0 Å². The van der Waals surface area contributed by atoms with Crippen molar-refractivity contribution in [1.29, 1.82) is 0 Å². The molecule has 1 fully saturated rings. The number of carboxylic acids is 1. The Hall–Kier alpha value is -1.30. The molecule has 3 N–H and O–H groups in total. The van der Waals surface area contributed by atoms with E-state index in [2.05, 4.69) is 0 Å². The number of carbonyl (C=O) groups excluding carboxylic acids is 1. The zero-order valence-electron chi connectivity index (χ0n) is 11.6. The largest absolute Gasteiger partial charge is 0.481 e. The molecular formula is C12H24N2O4. The van der Waals surface area contributed by atoms with E-state index >= 15 is 0 Å². The summed E-state index contributed by atoms with van der Waals surface area (Å²) < 4.78 is 5.20. The van der Waals surface area contributed by atoms with Crippen LogP contribution in [0.3, 0.4) is 0 Å². The summed E-state index contributed by atoms with van der Waals surface area (Å²) >= 11 is 0. The van der Waals surface area contributed by atoms with Crippen molar-refractivity contribution in [2.75, 3.05) is 13.1 Å². The molecular weight excluding hydrogens is 236 g/mol. The molecule has 1 heterocycles. The van der Waals surface area contributed by atoms with E-state index in [0.29, 0.717) is 6.54 Å². The topological polar surface area (TPSA) is 92.9 Å². The first kappa shape index (κ1) is 16.7. The predicted octanol–water partition coefficient (Wildman–Crippen LogP) is 1.44. The third-order valence-electron chi connectivity index (χ3n) is 2.18. The Bertz CT molecular complexity index is 286. The van der Waals surface area contributed by atoms with Gasteiger partial charge < -0.3 is 20.5 Å². The number of carbonyl (C=O) groups is 2. The first-order valence-electron chi connectivity index (χ1n) is 6.11. The summed E-state index contributed by atoms with van der Waals surface area (Å²) in [6.07, 6.45) is 0.847. The SMILES string of the molecule is CC(C)(C)OC(=O)N1CCC(N)C1.CCC(=O)O. The van der Waals surface area contributed by atoms with Crippen LogP contribution in [-0.2, 0) is 9.53 Å². The number of amides is 1. The Morgan fingerprint density at radius 1 is 1.44 bits per heavy atom. The molecule has 1 aliphatic rings. The van der Waals surface area contributed by atoms with Crippen LogP contribution in [0, 0.1) is 0 Å². The molecule has 1 atom stereocenters. The molecule has 0 aromatic heterocycles. The van der Waals surface area contributed by atoms with Crippen LogP contribution in [-0.4, -0.2) is 46.8 Å². The molecule has 1 unspecified atom stereocenters. The van der Waals surface area contributed by atoms with Crippen molar-refractivity contribution < 1.29 is 19.4 Å². The molecule has 0 saturated carbocycles. The zero-order chi connectivity index (χ0) is 14.3. The maximum absolute atomic E-state index is 11.5. The number of nitrogens with zero attached hydrogens (tertiary/aromatic N) is 1. The highest BCUT2D eigenvalue weighted by molar-refractivity contribution is 5.68. The third kappa shape index (κ3) is 7.89. The summed E-state index contributed by atoms with van der Waals surface area (Å²) in [4.78, 5) is 22.5. The van der Waals surface area contributed by atoms with Gasteiger partial charge >= 0.3 is 12.1 Å². The highest BCUT2D eigenvalue weighted by Gasteiger charge is 2.27. The summed E-state index contributed by atoms with van der Waals surface area (Å²) in [5, 5.41) is 7.72. The molecule has 0 spiro atoms. The lowest BCUT2D eigenvalue weighted by Gasteiger charge is -2.24. The van der Waals surface area contributed by atoms with Crippen LogP contribution < -0.4 is 5.73 Å². The lowest BCUT2D eigenvalue weighted by Crippen LogP contribution is -2.36. The fraction of sp³-hybridized carbons (Fsp3) is 0.833. The summed E-state index contributed by atoms with van der Waals surface area (Å²) in [5.41, 5.74) is 5.26. The summed E-state index contributed by atoms with van der Waals surface area (Å²) in [6.45, 7) is 8.52. The molecule has 0 radical (unpaired) electrons. The Balaban J connectivity index is 0.000000494.